The summed E-state index contributed by atoms with van der Waals surface area (Å²) in [5.41, 5.74) is 0. The van der Waals surface area contributed by atoms with Crippen molar-refractivity contribution in [3.63, 3.8) is 0 Å². The van der Waals surface area contributed by atoms with Crippen LogP contribution >= 0.6 is 11.6 Å². The van der Waals surface area contributed by atoms with Crippen LogP contribution in [0.5, 0.6) is 0 Å². The minimum Gasteiger partial charge on any atom is -0.383 e. The van der Waals surface area contributed by atoms with Gasteiger partial charge in [-0.15, -0.1) is 0 Å². The molecule has 11 heavy (non-hydrogen) atoms. The lowest BCUT2D eigenvalue weighted by atomic mass is 10.4. The van der Waals surface area contributed by atoms with Crippen LogP contribution in [-0.4, -0.2) is 29.8 Å². The molecule has 5 heteroatoms. The topological polar surface area (TPSA) is 29.5 Å². The standard InChI is InChI=1S/C6H11ClF2O2/c1-2-3-11-4-5(10)6(7,8)9/h5,10H,2-4H2,1H3. The summed E-state index contributed by atoms with van der Waals surface area (Å²) in [5, 5.41) is 5.02. The maximum absolute atomic E-state index is 12.0. The van der Waals surface area contributed by atoms with Crippen molar-refractivity contribution in [2.24, 2.45) is 0 Å². The number of halogens is 3. The van der Waals surface area contributed by atoms with E-state index >= 15 is 0 Å². The second-order valence-electron chi connectivity index (χ2n) is 2.13. The van der Waals surface area contributed by atoms with Gasteiger partial charge in [0, 0.05) is 6.61 Å². The molecule has 0 radical (unpaired) electrons. The van der Waals surface area contributed by atoms with Crippen molar-refractivity contribution < 1.29 is 18.6 Å². The minimum absolute atomic E-state index is 0.351. The monoisotopic (exact) mass is 188 g/mol. The molecule has 68 valence electrons. The van der Waals surface area contributed by atoms with E-state index in [4.69, 9.17) is 5.11 Å². The lowest BCUT2D eigenvalue weighted by molar-refractivity contribution is -0.0806. The van der Waals surface area contributed by atoms with Gasteiger partial charge in [-0.25, -0.2) is 0 Å². The quantitative estimate of drug-likeness (QED) is 0.525. The molecule has 0 bridgehead atoms. The summed E-state index contributed by atoms with van der Waals surface area (Å²) in [4.78, 5) is 0. The summed E-state index contributed by atoms with van der Waals surface area (Å²) in [5.74, 6) is 0. The van der Waals surface area contributed by atoms with Gasteiger partial charge >= 0.3 is 5.38 Å². The van der Waals surface area contributed by atoms with Gasteiger partial charge in [-0.05, 0) is 18.0 Å². The SMILES string of the molecule is CCCOCC(O)C(F)(F)Cl. The first-order valence-corrected chi connectivity index (χ1v) is 3.68. The molecule has 0 spiro atoms. The van der Waals surface area contributed by atoms with E-state index in [9.17, 15) is 8.78 Å². The number of rotatable bonds is 5. The van der Waals surface area contributed by atoms with E-state index in [2.05, 4.69) is 16.3 Å². The second-order valence-corrected chi connectivity index (χ2v) is 2.64. The fraction of sp³-hybridized carbons (Fsp3) is 1.00. The van der Waals surface area contributed by atoms with E-state index in [1.54, 1.807) is 0 Å². The molecule has 0 aliphatic rings. The zero-order chi connectivity index (χ0) is 8.91. The van der Waals surface area contributed by atoms with Gasteiger partial charge in [-0.3, -0.25) is 0 Å². The predicted molar refractivity (Wildman–Crippen MR) is 37.9 cm³/mol. The predicted octanol–water partition coefficient (Wildman–Crippen LogP) is 1.61. The van der Waals surface area contributed by atoms with Gasteiger partial charge in [-0.1, -0.05) is 6.92 Å². The Morgan fingerprint density at radius 2 is 2.18 bits per heavy atom. The molecule has 0 saturated carbocycles. The molecule has 0 aromatic heterocycles. The van der Waals surface area contributed by atoms with Gasteiger partial charge in [0.25, 0.3) is 0 Å². The highest BCUT2D eigenvalue weighted by atomic mass is 35.5. The first kappa shape index (κ1) is 11.1. The van der Waals surface area contributed by atoms with E-state index in [1.807, 2.05) is 6.92 Å². The lowest BCUT2D eigenvalue weighted by Gasteiger charge is -2.15. The molecule has 1 unspecified atom stereocenters. The van der Waals surface area contributed by atoms with E-state index in [0.29, 0.717) is 6.61 Å². The number of ether oxygens (including phenoxy) is 1. The fourth-order valence-corrected chi connectivity index (χ4v) is 0.497. The fourth-order valence-electron chi connectivity index (χ4n) is 0.434. The third-order valence-corrected chi connectivity index (χ3v) is 1.25. The van der Waals surface area contributed by atoms with Crippen LogP contribution in [0, 0.1) is 0 Å². The molecule has 1 N–H and O–H groups in total. The average molecular weight is 189 g/mol. The van der Waals surface area contributed by atoms with Crippen molar-refractivity contribution in [2.45, 2.75) is 24.8 Å². The molecule has 0 rings (SSSR count). The molecule has 0 heterocycles. The van der Waals surface area contributed by atoms with Crippen LogP contribution in [0.2, 0.25) is 0 Å². The van der Waals surface area contributed by atoms with Crippen LogP contribution in [0.3, 0.4) is 0 Å². The molecule has 0 aromatic rings. The van der Waals surface area contributed by atoms with Crippen molar-refractivity contribution in [1.82, 2.24) is 0 Å². The molecule has 0 aliphatic heterocycles. The Labute approximate surface area is 69.1 Å². The minimum atomic E-state index is -3.59. The van der Waals surface area contributed by atoms with E-state index in [0.717, 1.165) is 6.42 Å². The molecular weight excluding hydrogens is 178 g/mol. The summed E-state index contributed by atoms with van der Waals surface area (Å²) in [6, 6.07) is 0. The molecular formula is C6H11ClF2O2. The Bertz CT molecular complexity index is 105. The molecule has 0 amide bonds. The Kier molecular flexibility index (Phi) is 4.88. The number of alkyl halides is 3. The maximum atomic E-state index is 12.0. The summed E-state index contributed by atoms with van der Waals surface area (Å²) in [6.07, 6.45) is -1.20. The number of hydrogen-bond acceptors (Lipinski definition) is 2. The largest absolute Gasteiger partial charge is 0.383 e. The third kappa shape index (κ3) is 5.35. The Balaban J connectivity index is 3.44. The molecule has 0 aromatic carbocycles. The highest BCUT2D eigenvalue weighted by molar-refractivity contribution is 6.22. The van der Waals surface area contributed by atoms with Crippen molar-refractivity contribution in [1.29, 1.82) is 0 Å². The van der Waals surface area contributed by atoms with E-state index in [-0.39, 0.29) is 0 Å². The van der Waals surface area contributed by atoms with Crippen molar-refractivity contribution >= 4 is 11.6 Å². The van der Waals surface area contributed by atoms with E-state index in [1.165, 1.54) is 0 Å². The summed E-state index contributed by atoms with van der Waals surface area (Å²) >= 11 is 4.50. The van der Waals surface area contributed by atoms with Crippen molar-refractivity contribution in [3.8, 4) is 0 Å². The molecule has 1 atom stereocenters. The zero-order valence-corrected chi connectivity index (χ0v) is 6.94. The van der Waals surface area contributed by atoms with Crippen LogP contribution in [0.25, 0.3) is 0 Å². The van der Waals surface area contributed by atoms with Crippen LogP contribution < -0.4 is 0 Å². The van der Waals surface area contributed by atoms with Crippen LogP contribution in [0.4, 0.5) is 8.78 Å². The second kappa shape index (κ2) is 4.85. The molecule has 2 nitrogen and oxygen atoms in total. The highest BCUT2D eigenvalue weighted by Gasteiger charge is 2.35. The number of aliphatic hydroxyl groups excluding tert-OH is 1. The first-order valence-electron chi connectivity index (χ1n) is 3.31. The van der Waals surface area contributed by atoms with Gasteiger partial charge < -0.3 is 9.84 Å². The summed E-state index contributed by atoms with van der Waals surface area (Å²) in [7, 11) is 0. The summed E-state index contributed by atoms with van der Waals surface area (Å²) in [6.45, 7) is 1.76. The normalized spacial score (nSPS) is 15.0. The first-order chi connectivity index (χ1) is 4.98. The van der Waals surface area contributed by atoms with Crippen LogP contribution in [0.15, 0.2) is 0 Å². The van der Waals surface area contributed by atoms with E-state index < -0.39 is 18.1 Å². The van der Waals surface area contributed by atoms with Gasteiger partial charge in [0.05, 0.1) is 6.61 Å². The number of aliphatic hydroxyl groups is 1. The number of hydrogen-bond donors (Lipinski definition) is 1. The highest BCUT2D eigenvalue weighted by Crippen LogP contribution is 2.23. The van der Waals surface area contributed by atoms with Crippen LogP contribution in [0.1, 0.15) is 13.3 Å². The van der Waals surface area contributed by atoms with Gasteiger partial charge in [0.15, 0.2) is 6.10 Å². The smallest absolute Gasteiger partial charge is 0.349 e. The summed E-state index contributed by atoms with van der Waals surface area (Å²) < 4.78 is 28.6. The molecule has 0 aliphatic carbocycles. The zero-order valence-electron chi connectivity index (χ0n) is 6.19. The Hall–Kier alpha value is 0.0700. The van der Waals surface area contributed by atoms with Crippen LogP contribution in [-0.2, 0) is 4.74 Å². The molecule has 0 fully saturated rings. The lowest BCUT2D eigenvalue weighted by Crippen LogP contribution is -2.32. The Morgan fingerprint density at radius 1 is 1.64 bits per heavy atom. The molecule has 0 saturated heterocycles. The average Bonchev–Trinajstić information content (AvgIpc) is 1.86. The van der Waals surface area contributed by atoms with Gasteiger partial charge in [0.2, 0.25) is 0 Å². The van der Waals surface area contributed by atoms with Gasteiger partial charge in [-0.2, -0.15) is 8.78 Å². The van der Waals surface area contributed by atoms with Gasteiger partial charge in [0.1, 0.15) is 0 Å². The maximum Gasteiger partial charge on any atom is 0.349 e. The van der Waals surface area contributed by atoms with Crippen molar-refractivity contribution in [2.75, 3.05) is 13.2 Å². The third-order valence-electron chi connectivity index (χ3n) is 1.00. The Morgan fingerprint density at radius 3 is 2.55 bits per heavy atom. The van der Waals surface area contributed by atoms with Crippen molar-refractivity contribution in [3.05, 3.63) is 0 Å².